The Hall–Kier alpha value is -1.94. The molecular formula is C21H29FIN5O. The van der Waals surface area contributed by atoms with Crippen LogP contribution in [0.1, 0.15) is 31.4 Å². The quantitative estimate of drug-likeness (QED) is 0.315. The van der Waals surface area contributed by atoms with Gasteiger partial charge in [0.15, 0.2) is 5.96 Å². The molecule has 1 atom stereocenters. The summed E-state index contributed by atoms with van der Waals surface area (Å²) < 4.78 is 13.4. The molecule has 1 saturated heterocycles. The van der Waals surface area contributed by atoms with E-state index in [0.29, 0.717) is 12.0 Å². The number of hydrogen-bond donors (Lipinski definition) is 3. The Morgan fingerprint density at radius 1 is 1.28 bits per heavy atom. The smallest absolute Gasteiger partial charge is 0.191 e. The first kappa shape index (κ1) is 23.3. The van der Waals surface area contributed by atoms with Crippen molar-refractivity contribution in [3.8, 4) is 0 Å². The fourth-order valence-corrected chi connectivity index (χ4v) is 3.34. The molecule has 1 aromatic carbocycles. The lowest BCUT2D eigenvalue weighted by atomic mass is 10.0. The van der Waals surface area contributed by atoms with Crippen LogP contribution in [-0.4, -0.2) is 48.3 Å². The summed E-state index contributed by atoms with van der Waals surface area (Å²) in [5, 5.41) is 17.0. The molecule has 3 rings (SSSR count). The minimum absolute atomic E-state index is 0. The van der Waals surface area contributed by atoms with Gasteiger partial charge in [0.05, 0.1) is 12.6 Å². The van der Waals surface area contributed by atoms with Gasteiger partial charge in [0, 0.05) is 43.8 Å². The van der Waals surface area contributed by atoms with E-state index in [9.17, 15) is 9.50 Å². The fraction of sp³-hybridized carbons (Fsp3) is 0.429. The zero-order valence-corrected chi connectivity index (χ0v) is 18.9. The van der Waals surface area contributed by atoms with Crippen molar-refractivity contribution in [2.24, 2.45) is 4.99 Å². The van der Waals surface area contributed by atoms with Crippen molar-refractivity contribution in [3.05, 3.63) is 60.2 Å². The maximum Gasteiger partial charge on any atom is 0.191 e. The van der Waals surface area contributed by atoms with Crippen molar-refractivity contribution in [2.75, 3.05) is 31.1 Å². The van der Waals surface area contributed by atoms with Crippen molar-refractivity contribution in [2.45, 2.75) is 31.9 Å². The van der Waals surface area contributed by atoms with E-state index in [-0.39, 0.29) is 36.3 Å². The Morgan fingerprint density at radius 2 is 2.00 bits per heavy atom. The average Bonchev–Trinajstić information content (AvgIpc) is 2.73. The summed E-state index contributed by atoms with van der Waals surface area (Å²) in [6.45, 7) is 4.77. The van der Waals surface area contributed by atoms with Gasteiger partial charge in [0.25, 0.3) is 0 Å². The highest BCUT2D eigenvalue weighted by Gasteiger charge is 2.20. The van der Waals surface area contributed by atoms with E-state index in [4.69, 9.17) is 0 Å². The molecule has 0 aliphatic carbocycles. The Balaban J connectivity index is 0.00000300. The molecular weight excluding hydrogens is 484 g/mol. The molecule has 1 unspecified atom stereocenters. The Labute approximate surface area is 188 Å². The van der Waals surface area contributed by atoms with E-state index in [0.717, 1.165) is 43.7 Å². The molecule has 8 heteroatoms. The van der Waals surface area contributed by atoms with Crippen LogP contribution in [0, 0.1) is 5.82 Å². The van der Waals surface area contributed by atoms with E-state index in [1.165, 1.54) is 6.07 Å². The summed E-state index contributed by atoms with van der Waals surface area (Å²) in [5.74, 6) is 0.506. The van der Waals surface area contributed by atoms with E-state index in [2.05, 4.69) is 25.5 Å². The normalized spacial score (nSPS) is 16.1. The number of piperidine rings is 1. The third-order valence-corrected chi connectivity index (χ3v) is 4.87. The van der Waals surface area contributed by atoms with Crippen molar-refractivity contribution in [1.29, 1.82) is 0 Å². The monoisotopic (exact) mass is 513 g/mol. The van der Waals surface area contributed by atoms with Crippen LogP contribution in [0.15, 0.2) is 53.8 Å². The molecule has 1 aliphatic heterocycles. The number of benzene rings is 1. The van der Waals surface area contributed by atoms with Gasteiger partial charge in [-0.3, -0.25) is 9.98 Å². The minimum atomic E-state index is -0.659. The van der Waals surface area contributed by atoms with Crippen LogP contribution in [0.5, 0.6) is 0 Å². The maximum atomic E-state index is 13.4. The molecule has 0 spiro atoms. The molecule has 0 amide bonds. The molecule has 1 fully saturated rings. The molecule has 3 N–H and O–H groups in total. The second-order valence-corrected chi connectivity index (χ2v) is 6.90. The van der Waals surface area contributed by atoms with Gasteiger partial charge in [0.2, 0.25) is 0 Å². The van der Waals surface area contributed by atoms with Gasteiger partial charge in [0.1, 0.15) is 5.82 Å². The van der Waals surface area contributed by atoms with Crippen LogP contribution in [0.25, 0.3) is 0 Å². The number of pyridine rings is 1. The van der Waals surface area contributed by atoms with Gasteiger partial charge in [-0.15, -0.1) is 24.0 Å². The minimum Gasteiger partial charge on any atom is -0.386 e. The van der Waals surface area contributed by atoms with Gasteiger partial charge in [-0.05, 0) is 55.7 Å². The molecule has 1 aromatic heterocycles. The lowest BCUT2D eigenvalue weighted by Gasteiger charge is -2.34. The number of halogens is 2. The molecule has 6 nitrogen and oxygen atoms in total. The highest BCUT2D eigenvalue weighted by Crippen LogP contribution is 2.20. The second kappa shape index (κ2) is 11.9. The number of aromatic nitrogens is 1. The van der Waals surface area contributed by atoms with Gasteiger partial charge >= 0.3 is 0 Å². The number of rotatable bonds is 6. The molecule has 158 valence electrons. The largest absolute Gasteiger partial charge is 0.386 e. The summed E-state index contributed by atoms with van der Waals surface area (Å²) in [5.41, 5.74) is 1.73. The van der Waals surface area contributed by atoms with Gasteiger partial charge in [-0.25, -0.2) is 4.39 Å². The van der Waals surface area contributed by atoms with Crippen LogP contribution in [0.4, 0.5) is 10.1 Å². The number of anilines is 1. The fourth-order valence-electron chi connectivity index (χ4n) is 3.34. The molecule has 29 heavy (non-hydrogen) atoms. The average molecular weight is 513 g/mol. The molecule has 0 bridgehead atoms. The standard InChI is InChI=1S/C21H28FN5O.HI/c1-2-24-21(25-15-20(28)16-6-10-23-11-7-16)26-18-8-12-27(13-9-18)19-5-3-4-17(22)14-19;/h3-7,10-11,14,18,20,28H,2,8-9,12-13,15H2,1H3,(H2,24,25,26);1H. The number of aliphatic imine (C=N–C) groups is 1. The van der Waals surface area contributed by atoms with E-state index >= 15 is 0 Å². The topological polar surface area (TPSA) is 72.8 Å². The van der Waals surface area contributed by atoms with Gasteiger partial charge < -0.3 is 20.6 Å². The van der Waals surface area contributed by atoms with Crippen LogP contribution < -0.4 is 15.5 Å². The summed E-state index contributed by atoms with van der Waals surface area (Å²) in [6, 6.07) is 10.6. The lowest BCUT2D eigenvalue weighted by molar-refractivity contribution is 0.187. The molecule has 2 heterocycles. The van der Waals surface area contributed by atoms with Crippen molar-refractivity contribution >= 4 is 35.6 Å². The number of aliphatic hydroxyl groups is 1. The number of guanidine groups is 1. The van der Waals surface area contributed by atoms with E-state index in [1.54, 1.807) is 36.7 Å². The van der Waals surface area contributed by atoms with Gasteiger partial charge in [-0.1, -0.05) is 6.07 Å². The summed E-state index contributed by atoms with van der Waals surface area (Å²) in [6.07, 6.45) is 4.55. The second-order valence-electron chi connectivity index (χ2n) is 6.90. The lowest BCUT2D eigenvalue weighted by Crippen LogP contribution is -2.48. The zero-order valence-electron chi connectivity index (χ0n) is 16.6. The van der Waals surface area contributed by atoms with Crippen molar-refractivity contribution < 1.29 is 9.50 Å². The first-order valence-corrected chi connectivity index (χ1v) is 9.79. The van der Waals surface area contributed by atoms with Crippen LogP contribution in [0.2, 0.25) is 0 Å². The number of hydrogen-bond acceptors (Lipinski definition) is 4. The molecule has 0 saturated carbocycles. The van der Waals surface area contributed by atoms with E-state index < -0.39 is 6.10 Å². The number of nitrogens with one attached hydrogen (secondary N) is 2. The Morgan fingerprint density at radius 3 is 2.66 bits per heavy atom. The summed E-state index contributed by atoms with van der Waals surface area (Å²) in [4.78, 5) is 10.7. The third-order valence-electron chi connectivity index (χ3n) is 4.87. The summed E-state index contributed by atoms with van der Waals surface area (Å²) in [7, 11) is 0. The molecule has 1 aliphatic rings. The summed E-state index contributed by atoms with van der Waals surface area (Å²) >= 11 is 0. The van der Waals surface area contributed by atoms with Crippen LogP contribution >= 0.6 is 24.0 Å². The van der Waals surface area contributed by atoms with Crippen LogP contribution in [-0.2, 0) is 0 Å². The first-order chi connectivity index (χ1) is 13.7. The Kier molecular flexibility index (Phi) is 9.59. The zero-order chi connectivity index (χ0) is 19.8. The predicted molar refractivity (Wildman–Crippen MR) is 125 cm³/mol. The number of aliphatic hydroxyl groups excluding tert-OH is 1. The van der Waals surface area contributed by atoms with Crippen LogP contribution in [0.3, 0.4) is 0 Å². The van der Waals surface area contributed by atoms with Gasteiger partial charge in [-0.2, -0.15) is 0 Å². The maximum absolute atomic E-state index is 13.4. The molecule has 0 radical (unpaired) electrons. The highest BCUT2D eigenvalue weighted by atomic mass is 127. The first-order valence-electron chi connectivity index (χ1n) is 9.79. The third kappa shape index (κ3) is 7.11. The number of nitrogens with zero attached hydrogens (tertiary/aromatic N) is 3. The Bertz CT molecular complexity index is 769. The van der Waals surface area contributed by atoms with E-state index in [1.807, 2.05) is 13.0 Å². The SMILES string of the molecule is CCNC(=NCC(O)c1ccncc1)NC1CCN(c2cccc(F)c2)CC1.I. The predicted octanol–water partition coefficient (Wildman–Crippen LogP) is 3.10. The van der Waals surface area contributed by atoms with Crippen molar-refractivity contribution in [1.82, 2.24) is 15.6 Å². The van der Waals surface area contributed by atoms with Crippen molar-refractivity contribution in [3.63, 3.8) is 0 Å². The molecule has 2 aromatic rings. The highest BCUT2D eigenvalue weighted by molar-refractivity contribution is 14.0.